The van der Waals surface area contributed by atoms with Crippen LogP contribution in [0.25, 0.3) is 0 Å². The molecule has 16 heteroatoms. The molecule has 224 valence electrons. The molecular formula is C23H32F6N2O6S2. The number of unbranched alkanes of at least 4 members (excludes halogenated alkanes) is 2. The first-order chi connectivity index (χ1) is 17.7. The molecule has 0 radical (unpaired) electrons. The molecule has 0 saturated carbocycles. The van der Waals surface area contributed by atoms with Crippen molar-refractivity contribution in [1.29, 1.82) is 0 Å². The van der Waals surface area contributed by atoms with Gasteiger partial charge in [-0.2, -0.15) is 26.3 Å². The first-order valence-electron chi connectivity index (χ1n) is 11.6. The average molecular weight is 611 g/mol. The Morgan fingerprint density at radius 1 is 0.692 bits per heavy atom. The largest absolute Gasteiger partial charge is 0.743 e. The number of alkyl halides is 6. The molecule has 39 heavy (non-hydrogen) atoms. The number of aryl methyl sites for hydroxylation is 4. The highest BCUT2D eigenvalue weighted by molar-refractivity contribution is 7.88. The Kier molecular flexibility index (Phi) is 14.0. The maximum atomic E-state index is 12.3. The van der Waals surface area contributed by atoms with Gasteiger partial charge < -0.3 is 9.11 Å². The van der Waals surface area contributed by atoms with E-state index >= 15 is 0 Å². The van der Waals surface area contributed by atoms with Gasteiger partial charge in [0.05, 0.1) is 0 Å². The third kappa shape index (κ3) is 10.7. The molecule has 2 aromatic heterocycles. The molecule has 0 N–H and O–H groups in total. The minimum atomic E-state index is -7.32. The van der Waals surface area contributed by atoms with Gasteiger partial charge >= 0.3 is 16.4 Å². The van der Waals surface area contributed by atoms with Gasteiger partial charge in [-0.3, -0.25) is 0 Å². The van der Waals surface area contributed by atoms with E-state index in [1.165, 1.54) is 36.8 Å². The molecule has 2 aromatic rings. The molecule has 0 aromatic carbocycles. The summed E-state index contributed by atoms with van der Waals surface area (Å²) in [5.74, 6) is -7.21. The summed E-state index contributed by atoms with van der Waals surface area (Å²) in [7, 11) is -14.6. The number of pyridine rings is 2. The van der Waals surface area contributed by atoms with Gasteiger partial charge in [0.2, 0.25) is 0 Å². The van der Waals surface area contributed by atoms with Crippen LogP contribution in [-0.4, -0.2) is 42.4 Å². The lowest BCUT2D eigenvalue weighted by Crippen LogP contribution is -2.60. The van der Waals surface area contributed by atoms with Crippen LogP contribution in [0.1, 0.15) is 50.7 Å². The van der Waals surface area contributed by atoms with Crippen molar-refractivity contribution in [2.45, 2.75) is 82.9 Å². The fraction of sp³-hybridized carbons (Fsp3) is 0.565. The zero-order valence-corrected chi connectivity index (χ0v) is 23.4. The zero-order valence-electron chi connectivity index (χ0n) is 21.8. The van der Waals surface area contributed by atoms with Crippen LogP contribution in [0.5, 0.6) is 0 Å². The van der Waals surface area contributed by atoms with Gasteiger partial charge in [-0.05, 0) is 26.0 Å². The van der Waals surface area contributed by atoms with E-state index in [1.54, 1.807) is 0 Å². The van der Waals surface area contributed by atoms with Gasteiger partial charge in [-0.25, -0.2) is 26.0 Å². The first kappa shape index (κ1) is 36.7. The van der Waals surface area contributed by atoms with Crippen molar-refractivity contribution in [1.82, 2.24) is 0 Å². The normalized spacial score (nSPS) is 12.6. The van der Waals surface area contributed by atoms with Crippen LogP contribution in [-0.2, 0) is 33.3 Å². The molecule has 0 aliphatic carbocycles. The van der Waals surface area contributed by atoms with Crippen molar-refractivity contribution in [2.75, 3.05) is 0 Å². The second-order valence-electron chi connectivity index (χ2n) is 8.46. The number of halogens is 6. The van der Waals surface area contributed by atoms with Crippen LogP contribution in [0.4, 0.5) is 26.3 Å². The molecule has 0 aliphatic rings. The minimum Gasteiger partial charge on any atom is -0.743 e. The zero-order chi connectivity index (χ0) is 30.7. The van der Waals surface area contributed by atoms with Crippen molar-refractivity contribution in [2.24, 2.45) is 0 Å². The van der Waals surface area contributed by atoms with E-state index in [-0.39, 0.29) is 0 Å². The highest BCUT2D eigenvalue weighted by Gasteiger charge is 2.77. The summed E-state index contributed by atoms with van der Waals surface area (Å²) in [6.45, 7) is 11.0. The van der Waals surface area contributed by atoms with Crippen molar-refractivity contribution >= 4 is 20.2 Å². The predicted molar refractivity (Wildman–Crippen MR) is 127 cm³/mol. The van der Waals surface area contributed by atoms with Gasteiger partial charge in [0.25, 0.3) is 0 Å². The lowest BCUT2D eigenvalue weighted by atomic mass is 10.3. The predicted octanol–water partition coefficient (Wildman–Crippen LogP) is 4.06. The number of hydrogen-bond acceptors (Lipinski definition) is 6. The molecule has 0 atom stereocenters. The Labute approximate surface area is 224 Å². The summed E-state index contributed by atoms with van der Waals surface area (Å²) in [5.41, 5.74) is 2.67. The second kappa shape index (κ2) is 14.9. The SMILES string of the molecule is CCCC[n+]1cccc(C)c1.CCCC[n+]1cccc(C)c1.O=S(=O)([O-])C(F)(F)C(F)(F)C(F)(F)S(=O)(=O)[O-]. The molecule has 0 bridgehead atoms. The van der Waals surface area contributed by atoms with Gasteiger partial charge in [0, 0.05) is 36.1 Å². The molecule has 0 fully saturated rings. The van der Waals surface area contributed by atoms with E-state index in [2.05, 4.69) is 85.9 Å². The summed E-state index contributed by atoms with van der Waals surface area (Å²) < 4.78 is 136. The molecule has 0 saturated heterocycles. The van der Waals surface area contributed by atoms with Crippen LogP contribution >= 0.6 is 0 Å². The Hall–Kier alpha value is -2.30. The van der Waals surface area contributed by atoms with Gasteiger partial charge in [0.15, 0.2) is 45.0 Å². The average Bonchev–Trinajstić information content (AvgIpc) is 2.80. The van der Waals surface area contributed by atoms with Crippen LogP contribution < -0.4 is 9.13 Å². The molecule has 8 nitrogen and oxygen atoms in total. The molecule has 0 spiro atoms. The Bertz CT molecular complexity index is 1160. The van der Waals surface area contributed by atoms with Crippen LogP contribution in [0.3, 0.4) is 0 Å². The van der Waals surface area contributed by atoms with Crippen LogP contribution in [0.15, 0.2) is 49.1 Å². The maximum absolute atomic E-state index is 12.3. The van der Waals surface area contributed by atoms with Crippen molar-refractivity contribution < 1.29 is 61.4 Å². The highest BCUT2D eigenvalue weighted by Crippen LogP contribution is 2.50. The summed E-state index contributed by atoms with van der Waals surface area (Å²) in [6, 6.07) is 8.46. The molecular weight excluding hydrogens is 578 g/mol. The first-order valence-corrected chi connectivity index (χ1v) is 14.4. The Morgan fingerprint density at radius 3 is 1.23 bits per heavy atom. The van der Waals surface area contributed by atoms with E-state index in [0.717, 1.165) is 13.1 Å². The number of aromatic nitrogens is 2. The van der Waals surface area contributed by atoms with E-state index in [4.69, 9.17) is 0 Å². The number of nitrogens with zero attached hydrogens (tertiary/aromatic N) is 2. The quantitative estimate of drug-likeness (QED) is 0.227. The van der Waals surface area contributed by atoms with E-state index in [9.17, 15) is 52.3 Å². The highest BCUT2D eigenvalue weighted by atomic mass is 32.2. The molecule has 2 rings (SSSR count). The van der Waals surface area contributed by atoms with Crippen molar-refractivity contribution in [3.63, 3.8) is 0 Å². The topological polar surface area (TPSA) is 122 Å². The summed E-state index contributed by atoms with van der Waals surface area (Å²) in [5, 5.41) is -13.9. The van der Waals surface area contributed by atoms with Crippen LogP contribution in [0, 0.1) is 13.8 Å². The Balaban J connectivity index is 0.000000575. The maximum Gasteiger partial charge on any atom is 0.403 e. The third-order valence-electron chi connectivity index (χ3n) is 4.91. The fourth-order valence-corrected chi connectivity index (χ4v) is 3.70. The summed E-state index contributed by atoms with van der Waals surface area (Å²) >= 11 is 0. The van der Waals surface area contributed by atoms with Gasteiger partial charge in [-0.1, -0.05) is 26.7 Å². The van der Waals surface area contributed by atoms with E-state index < -0.39 is 36.7 Å². The minimum absolute atomic E-state index is 1.15. The lowest BCUT2D eigenvalue weighted by molar-refractivity contribution is -0.697. The summed E-state index contributed by atoms with van der Waals surface area (Å²) in [6.07, 6.45) is 13.7. The van der Waals surface area contributed by atoms with E-state index in [0.29, 0.717) is 0 Å². The van der Waals surface area contributed by atoms with Crippen molar-refractivity contribution in [3.8, 4) is 0 Å². The van der Waals surface area contributed by atoms with E-state index in [1.807, 2.05) is 0 Å². The molecule has 0 unspecified atom stereocenters. The number of hydrogen-bond donors (Lipinski definition) is 0. The fourth-order valence-electron chi connectivity index (χ4n) is 2.75. The van der Waals surface area contributed by atoms with Gasteiger partial charge in [-0.15, -0.1) is 0 Å². The van der Waals surface area contributed by atoms with Crippen molar-refractivity contribution in [3.05, 3.63) is 60.2 Å². The van der Waals surface area contributed by atoms with Crippen LogP contribution in [0.2, 0.25) is 0 Å². The monoisotopic (exact) mass is 610 g/mol. The Morgan fingerprint density at radius 2 is 1.00 bits per heavy atom. The standard InChI is InChI=1S/2C10H16N.C3H2F6O6S2/c2*1-3-4-7-11-8-5-6-10(2)9-11;4-1(5,2(6,7)16(10,11)12)3(8,9)17(13,14)15/h2*5-6,8-9H,3-4,7H2,1-2H3;(H,10,11,12)(H,13,14,15)/q2*+1;/p-2. The lowest BCUT2D eigenvalue weighted by Gasteiger charge is -2.34. The molecule has 2 heterocycles. The van der Waals surface area contributed by atoms with Gasteiger partial charge in [0.1, 0.15) is 13.1 Å². The third-order valence-corrected chi connectivity index (χ3v) is 6.68. The smallest absolute Gasteiger partial charge is 0.403 e. The number of rotatable bonds is 10. The molecule has 0 aliphatic heterocycles. The molecule has 0 amide bonds. The second-order valence-corrected chi connectivity index (χ2v) is 11.3. The summed E-state index contributed by atoms with van der Waals surface area (Å²) in [4.78, 5) is 0.